The molecule has 0 aliphatic carbocycles. The summed E-state index contributed by atoms with van der Waals surface area (Å²) in [5.74, 6) is 0. The monoisotopic (exact) mass is 319 g/mol. The first-order chi connectivity index (χ1) is 8.89. The molecule has 1 atom stereocenters. The predicted molar refractivity (Wildman–Crippen MR) is 75.3 cm³/mol. The number of benzene rings is 1. The van der Waals surface area contributed by atoms with Gasteiger partial charge < -0.3 is 5.11 Å². The summed E-state index contributed by atoms with van der Waals surface area (Å²) in [6.45, 7) is 0.158. The molecule has 0 saturated carbocycles. The smallest absolute Gasteiger partial charge is 0.193 e. The molecule has 19 heavy (non-hydrogen) atoms. The Bertz CT molecular complexity index is 513. The fourth-order valence-corrected chi connectivity index (χ4v) is 2.57. The molecule has 0 amide bonds. The van der Waals surface area contributed by atoms with E-state index < -0.39 is 9.39 Å². The number of hydrogen-bond acceptors (Lipinski definition) is 3. The molecule has 0 aliphatic rings. The molecule has 0 spiro atoms. The van der Waals surface area contributed by atoms with Crippen LogP contribution in [0.2, 0.25) is 0 Å². The number of aliphatic hydroxyl groups is 1. The molecule has 1 heterocycles. The number of nitrogens with zero attached hydrogens (tertiary/aromatic N) is 3. The Labute approximate surface area is 125 Å². The number of halogens is 3. The zero-order valence-electron chi connectivity index (χ0n) is 9.88. The Hall–Kier alpha value is -0.810. The second-order valence-corrected chi connectivity index (χ2v) is 6.80. The lowest BCUT2D eigenvalue weighted by Crippen LogP contribution is -2.35. The number of rotatable bonds is 4. The van der Waals surface area contributed by atoms with Gasteiger partial charge in [0.05, 0.1) is 6.54 Å². The lowest BCUT2D eigenvalue weighted by atomic mass is 9.91. The number of hydrogen-bond donors (Lipinski definition) is 1. The summed E-state index contributed by atoms with van der Waals surface area (Å²) >= 11 is 17.5. The zero-order chi connectivity index (χ0) is 13.9. The Morgan fingerprint density at radius 1 is 1.16 bits per heavy atom. The highest BCUT2D eigenvalue weighted by molar-refractivity contribution is 6.67. The van der Waals surface area contributed by atoms with E-state index >= 15 is 0 Å². The van der Waals surface area contributed by atoms with Crippen LogP contribution in [0, 0.1) is 0 Å². The quantitative estimate of drug-likeness (QED) is 0.881. The van der Waals surface area contributed by atoms with Gasteiger partial charge in [0, 0.05) is 6.42 Å². The van der Waals surface area contributed by atoms with Crippen LogP contribution < -0.4 is 0 Å². The van der Waals surface area contributed by atoms with Gasteiger partial charge in [0.25, 0.3) is 0 Å². The van der Waals surface area contributed by atoms with E-state index in [1.807, 2.05) is 18.2 Å². The lowest BCUT2D eigenvalue weighted by molar-refractivity contribution is 0.00736. The van der Waals surface area contributed by atoms with Gasteiger partial charge in [0.1, 0.15) is 18.3 Å². The van der Waals surface area contributed by atoms with Crippen LogP contribution >= 0.6 is 34.8 Å². The van der Waals surface area contributed by atoms with E-state index in [9.17, 15) is 5.11 Å². The van der Waals surface area contributed by atoms with Crippen molar-refractivity contribution in [2.24, 2.45) is 0 Å². The third-order valence-corrected chi connectivity index (χ3v) is 3.10. The predicted octanol–water partition coefficient (Wildman–Crippen LogP) is 2.93. The molecule has 0 fully saturated rings. The molecule has 1 aromatic heterocycles. The van der Waals surface area contributed by atoms with Crippen LogP contribution in [-0.2, 0) is 12.1 Å². The van der Waals surface area contributed by atoms with Crippen molar-refractivity contribution in [3.63, 3.8) is 0 Å². The van der Waals surface area contributed by atoms with Crippen molar-refractivity contribution in [3.8, 4) is 0 Å². The van der Waals surface area contributed by atoms with E-state index in [1.165, 1.54) is 17.3 Å². The van der Waals surface area contributed by atoms with E-state index in [4.69, 9.17) is 34.8 Å². The molecular weight excluding hydrogens is 309 g/mol. The summed E-state index contributed by atoms with van der Waals surface area (Å²) in [4.78, 5) is 3.84. The summed E-state index contributed by atoms with van der Waals surface area (Å²) in [7, 11) is 0. The van der Waals surface area contributed by atoms with Gasteiger partial charge in [0.15, 0.2) is 3.79 Å². The first kappa shape index (κ1) is 14.6. The van der Waals surface area contributed by atoms with Gasteiger partial charge in [-0.2, -0.15) is 5.10 Å². The summed E-state index contributed by atoms with van der Waals surface area (Å²) in [5.41, 5.74) is -0.669. The number of aromatic nitrogens is 3. The van der Waals surface area contributed by atoms with Crippen LogP contribution in [0.5, 0.6) is 0 Å². The molecule has 1 aromatic carbocycles. The molecule has 0 bridgehead atoms. The molecule has 0 aliphatic heterocycles. The molecule has 7 heteroatoms. The molecule has 0 saturated heterocycles. The second kappa shape index (κ2) is 5.67. The van der Waals surface area contributed by atoms with Crippen molar-refractivity contribution in [1.29, 1.82) is 0 Å². The van der Waals surface area contributed by atoms with E-state index in [0.717, 1.165) is 0 Å². The summed E-state index contributed by atoms with van der Waals surface area (Å²) < 4.78 is -0.0609. The fraction of sp³-hybridized carbons (Fsp3) is 0.333. The van der Waals surface area contributed by atoms with Gasteiger partial charge in [-0.15, -0.1) is 0 Å². The average molecular weight is 321 g/mol. The molecule has 0 radical (unpaired) electrons. The van der Waals surface area contributed by atoms with Gasteiger partial charge in [-0.3, -0.25) is 0 Å². The molecular formula is C12H12Cl3N3O. The Morgan fingerprint density at radius 3 is 2.37 bits per heavy atom. The first-order valence-corrected chi connectivity index (χ1v) is 6.69. The van der Waals surface area contributed by atoms with Crippen LogP contribution in [0.1, 0.15) is 12.0 Å². The second-order valence-electron chi connectivity index (χ2n) is 4.28. The van der Waals surface area contributed by atoms with Crippen molar-refractivity contribution in [3.05, 3.63) is 48.5 Å². The van der Waals surface area contributed by atoms with Crippen LogP contribution in [0.25, 0.3) is 0 Å². The molecule has 2 rings (SSSR count). The summed E-state index contributed by atoms with van der Waals surface area (Å²) in [6, 6.07) is 9.06. The van der Waals surface area contributed by atoms with Crippen LogP contribution in [0.3, 0.4) is 0 Å². The van der Waals surface area contributed by atoms with Crippen molar-refractivity contribution in [2.75, 3.05) is 0 Å². The first-order valence-electron chi connectivity index (χ1n) is 5.56. The van der Waals surface area contributed by atoms with E-state index in [-0.39, 0.29) is 13.0 Å². The van der Waals surface area contributed by atoms with Gasteiger partial charge in [-0.05, 0) is 5.56 Å². The highest BCUT2D eigenvalue weighted by Gasteiger charge is 2.38. The maximum Gasteiger partial charge on any atom is 0.193 e. The normalized spacial score (nSPS) is 15.2. The Morgan fingerprint density at radius 2 is 1.84 bits per heavy atom. The Balaban J connectivity index is 2.32. The van der Waals surface area contributed by atoms with Gasteiger partial charge in [-0.25, -0.2) is 9.67 Å². The van der Waals surface area contributed by atoms with Gasteiger partial charge in [-0.1, -0.05) is 65.1 Å². The third-order valence-electron chi connectivity index (χ3n) is 2.69. The van der Waals surface area contributed by atoms with Gasteiger partial charge >= 0.3 is 0 Å². The summed E-state index contributed by atoms with van der Waals surface area (Å²) in [6.07, 6.45) is 2.85. The highest BCUT2D eigenvalue weighted by atomic mass is 35.6. The standard InChI is InChI=1S/C12H12Cl3N3O/c13-12(14,15)6-11(19,7-18-9-16-8-17-18)10-4-2-1-3-5-10/h1-5,8-9,19H,6-7H2. The molecule has 4 nitrogen and oxygen atoms in total. The molecule has 1 unspecified atom stereocenters. The molecule has 1 N–H and O–H groups in total. The lowest BCUT2D eigenvalue weighted by Gasteiger charge is -2.31. The average Bonchev–Trinajstić information content (AvgIpc) is 2.80. The number of alkyl halides is 3. The van der Waals surface area contributed by atoms with E-state index in [2.05, 4.69) is 10.1 Å². The fourth-order valence-electron chi connectivity index (χ4n) is 1.91. The van der Waals surface area contributed by atoms with Gasteiger partial charge in [0.2, 0.25) is 0 Å². The molecule has 102 valence electrons. The highest BCUT2D eigenvalue weighted by Crippen LogP contribution is 2.40. The maximum atomic E-state index is 10.8. The topological polar surface area (TPSA) is 50.9 Å². The van der Waals surface area contributed by atoms with Crippen molar-refractivity contribution >= 4 is 34.8 Å². The van der Waals surface area contributed by atoms with E-state index in [1.54, 1.807) is 12.1 Å². The maximum absolute atomic E-state index is 10.8. The molecule has 2 aromatic rings. The minimum Gasteiger partial charge on any atom is -0.383 e. The zero-order valence-corrected chi connectivity index (χ0v) is 12.1. The van der Waals surface area contributed by atoms with Crippen LogP contribution in [-0.4, -0.2) is 23.7 Å². The van der Waals surface area contributed by atoms with Crippen molar-refractivity contribution in [1.82, 2.24) is 14.8 Å². The van der Waals surface area contributed by atoms with Crippen molar-refractivity contribution < 1.29 is 5.11 Å². The Kier molecular flexibility index (Phi) is 4.36. The SMILES string of the molecule is OC(Cn1cncn1)(CC(Cl)(Cl)Cl)c1ccccc1. The summed E-state index contributed by atoms with van der Waals surface area (Å²) in [5, 5.41) is 14.8. The minimum absolute atomic E-state index is 0.0471. The third kappa shape index (κ3) is 4.08. The minimum atomic E-state index is -1.56. The van der Waals surface area contributed by atoms with E-state index in [0.29, 0.717) is 5.56 Å². The van der Waals surface area contributed by atoms with Crippen LogP contribution in [0.15, 0.2) is 43.0 Å². The van der Waals surface area contributed by atoms with Crippen LogP contribution in [0.4, 0.5) is 0 Å². The van der Waals surface area contributed by atoms with Crippen molar-refractivity contribution in [2.45, 2.75) is 22.4 Å². The largest absolute Gasteiger partial charge is 0.383 e.